The summed E-state index contributed by atoms with van der Waals surface area (Å²) in [5.74, 6) is -0.285. The average Bonchev–Trinajstić information content (AvgIpc) is 3.53. The minimum atomic E-state index is -4.65. The van der Waals surface area contributed by atoms with Crippen LogP contribution in [0.25, 0.3) is 11.3 Å². The van der Waals surface area contributed by atoms with Crippen molar-refractivity contribution < 1.29 is 27.8 Å². The molecule has 1 aliphatic heterocycles. The maximum atomic E-state index is 13.8. The maximum Gasteiger partial charge on any atom is 0.416 e. The molecule has 1 fully saturated rings. The van der Waals surface area contributed by atoms with E-state index in [1.807, 2.05) is 6.07 Å². The molecule has 1 unspecified atom stereocenters. The van der Waals surface area contributed by atoms with Gasteiger partial charge in [-0.3, -0.25) is 4.57 Å². The van der Waals surface area contributed by atoms with E-state index in [9.17, 15) is 33.1 Å². The van der Waals surface area contributed by atoms with Crippen LogP contribution in [-0.2, 0) is 10.9 Å². The summed E-state index contributed by atoms with van der Waals surface area (Å²) in [5.41, 5.74) is -0.824. The van der Waals surface area contributed by atoms with Crippen molar-refractivity contribution in [3.63, 3.8) is 0 Å². The highest BCUT2D eigenvalue weighted by Gasteiger charge is 2.35. The first-order valence-corrected chi connectivity index (χ1v) is 12.7. The fourth-order valence-corrected chi connectivity index (χ4v) is 5.24. The Kier molecular flexibility index (Phi) is 7.02. The maximum absolute atomic E-state index is 13.8. The van der Waals surface area contributed by atoms with E-state index in [1.54, 1.807) is 24.3 Å². The molecular formula is C29H25F3N4O4. The third kappa shape index (κ3) is 4.88. The predicted octanol–water partition coefficient (Wildman–Crippen LogP) is 5.89. The Bertz CT molecular complexity index is 1620. The summed E-state index contributed by atoms with van der Waals surface area (Å²) in [5, 5.41) is 23.1. The topological polar surface area (TPSA) is 109 Å². The Morgan fingerprint density at radius 2 is 1.85 bits per heavy atom. The molecule has 1 saturated carbocycles. The monoisotopic (exact) mass is 550 g/mol. The highest BCUT2D eigenvalue weighted by Crippen LogP contribution is 2.40. The van der Waals surface area contributed by atoms with E-state index in [-0.39, 0.29) is 34.4 Å². The lowest BCUT2D eigenvalue weighted by Gasteiger charge is -2.25. The van der Waals surface area contributed by atoms with Crippen LogP contribution in [0.15, 0.2) is 71.4 Å². The molecule has 0 spiro atoms. The van der Waals surface area contributed by atoms with Crippen LogP contribution < -0.4 is 11.0 Å². The number of amides is 1. The van der Waals surface area contributed by atoms with E-state index >= 15 is 0 Å². The molecule has 11 heteroatoms. The van der Waals surface area contributed by atoms with Gasteiger partial charge in [0.05, 0.1) is 40.4 Å². The smallest absolute Gasteiger partial charge is 0.416 e. The van der Waals surface area contributed by atoms with Crippen molar-refractivity contribution >= 4 is 11.6 Å². The van der Waals surface area contributed by atoms with Gasteiger partial charge in [0.2, 0.25) is 0 Å². The van der Waals surface area contributed by atoms with Gasteiger partial charge in [0.25, 0.3) is 0 Å². The van der Waals surface area contributed by atoms with E-state index in [4.69, 9.17) is 4.74 Å². The predicted molar refractivity (Wildman–Crippen MR) is 140 cm³/mol. The van der Waals surface area contributed by atoms with Crippen LogP contribution >= 0.6 is 0 Å². The number of hydrogen-bond donors (Lipinski definition) is 2. The molecule has 5 rings (SSSR count). The summed E-state index contributed by atoms with van der Waals surface area (Å²) in [7, 11) is 0. The van der Waals surface area contributed by atoms with Crippen molar-refractivity contribution in [2.24, 2.45) is 0 Å². The van der Waals surface area contributed by atoms with Gasteiger partial charge in [0.15, 0.2) is 6.10 Å². The first kappa shape index (κ1) is 26.9. The molecule has 1 atom stereocenters. The number of halogens is 3. The Morgan fingerprint density at radius 1 is 1.15 bits per heavy atom. The Balaban J connectivity index is 1.73. The SMILES string of the molecule is Cc1c(C2=C(O)C=COC2c2ccc(C#N)cc2)n(C(=O)NC2CCCC2)c(=O)n1-c1cccc(C(F)(F)F)c1. The minimum absolute atomic E-state index is 0.00545. The van der Waals surface area contributed by atoms with E-state index < -0.39 is 29.6 Å². The van der Waals surface area contributed by atoms with Crippen LogP contribution in [0.2, 0.25) is 0 Å². The van der Waals surface area contributed by atoms with Crippen LogP contribution in [0, 0.1) is 18.3 Å². The van der Waals surface area contributed by atoms with Gasteiger partial charge in [-0.1, -0.05) is 31.0 Å². The number of hydrogen-bond acceptors (Lipinski definition) is 5. The standard InChI is InChI=1S/C29H25F3N4O4/c1-17-25(24-23(37)13-14-40-26(24)19-11-9-18(16-33)10-12-19)36(27(38)34-21-6-2-3-7-21)28(39)35(17)22-8-4-5-20(15-22)29(30,31)32/h4-5,8-15,21,26,37H,2-3,6-7H2,1H3,(H,34,38). The van der Waals surface area contributed by atoms with Gasteiger partial charge in [-0.15, -0.1) is 0 Å². The van der Waals surface area contributed by atoms with E-state index in [2.05, 4.69) is 5.32 Å². The molecule has 1 aromatic heterocycles. The second kappa shape index (κ2) is 10.4. The molecule has 2 aromatic carbocycles. The molecule has 1 amide bonds. The molecular weight excluding hydrogens is 525 g/mol. The van der Waals surface area contributed by atoms with Crippen LogP contribution in [-0.4, -0.2) is 26.3 Å². The second-order valence-electron chi connectivity index (χ2n) is 9.72. The molecule has 2 heterocycles. The number of imidazole rings is 1. The second-order valence-corrected chi connectivity index (χ2v) is 9.72. The molecule has 2 aliphatic rings. The number of carbonyl (C=O) groups is 1. The fraction of sp³-hybridized carbons (Fsp3) is 0.276. The summed E-state index contributed by atoms with van der Waals surface area (Å²) >= 11 is 0. The number of allylic oxidation sites excluding steroid dienone is 1. The Labute approximate surface area is 227 Å². The van der Waals surface area contributed by atoms with Crippen molar-refractivity contribution in [3.8, 4) is 11.8 Å². The van der Waals surface area contributed by atoms with E-state index in [0.29, 0.717) is 11.1 Å². The molecule has 1 aliphatic carbocycles. The number of alkyl halides is 3. The summed E-state index contributed by atoms with van der Waals surface area (Å²) in [4.78, 5) is 27.4. The number of ether oxygens (including phenoxy) is 1. The minimum Gasteiger partial charge on any atom is -0.507 e. The number of aromatic nitrogens is 2. The van der Waals surface area contributed by atoms with Gasteiger partial charge in [-0.25, -0.2) is 14.2 Å². The van der Waals surface area contributed by atoms with Crippen molar-refractivity contribution in [2.45, 2.75) is 50.9 Å². The van der Waals surface area contributed by atoms with E-state index in [1.165, 1.54) is 31.4 Å². The summed E-state index contributed by atoms with van der Waals surface area (Å²) in [6.45, 7) is 1.49. The fourth-order valence-electron chi connectivity index (χ4n) is 5.24. The zero-order valence-electron chi connectivity index (χ0n) is 21.4. The molecule has 8 nitrogen and oxygen atoms in total. The lowest BCUT2D eigenvalue weighted by Crippen LogP contribution is -2.42. The molecule has 0 bridgehead atoms. The van der Waals surface area contributed by atoms with Gasteiger partial charge < -0.3 is 15.2 Å². The van der Waals surface area contributed by atoms with Crippen molar-refractivity contribution in [3.05, 3.63) is 105 Å². The summed E-state index contributed by atoms with van der Waals surface area (Å²) < 4.78 is 48.3. The molecule has 3 aromatic rings. The number of benzene rings is 2. The zero-order valence-corrected chi connectivity index (χ0v) is 21.4. The first-order chi connectivity index (χ1) is 19.1. The van der Waals surface area contributed by atoms with Crippen LogP contribution in [0.4, 0.5) is 18.0 Å². The van der Waals surface area contributed by atoms with Crippen LogP contribution in [0.1, 0.15) is 59.9 Å². The number of nitriles is 1. The zero-order chi connectivity index (χ0) is 28.6. The molecule has 40 heavy (non-hydrogen) atoms. The third-order valence-electron chi connectivity index (χ3n) is 7.18. The Morgan fingerprint density at radius 3 is 2.50 bits per heavy atom. The first-order valence-electron chi connectivity index (χ1n) is 12.7. The normalized spacial score (nSPS) is 17.5. The third-order valence-corrected chi connectivity index (χ3v) is 7.18. The van der Waals surface area contributed by atoms with Gasteiger partial charge >= 0.3 is 17.9 Å². The van der Waals surface area contributed by atoms with Crippen LogP contribution in [0.5, 0.6) is 0 Å². The molecule has 0 radical (unpaired) electrons. The number of aliphatic hydroxyl groups excluding tert-OH is 1. The van der Waals surface area contributed by atoms with Gasteiger partial charge in [-0.2, -0.15) is 18.4 Å². The average molecular weight is 551 g/mol. The number of nitrogens with zero attached hydrogens (tertiary/aromatic N) is 3. The van der Waals surface area contributed by atoms with Crippen molar-refractivity contribution in [1.82, 2.24) is 14.5 Å². The molecule has 0 saturated heterocycles. The summed E-state index contributed by atoms with van der Waals surface area (Å²) in [6.07, 6.45) is 0.196. The van der Waals surface area contributed by atoms with E-state index in [0.717, 1.165) is 47.0 Å². The van der Waals surface area contributed by atoms with Crippen molar-refractivity contribution in [1.29, 1.82) is 5.26 Å². The lowest BCUT2D eigenvalue weighted by atomic mass is 9.94. The number of carbonyl (C=O) groups excluding carboxylic acids is 1. The largest absolute Gasteiger partial charge is 0.507 e. The highest BCUT2D eigenvalue weighted by atomic mass is 19.4. The van der Waals surface area contributed by atoms with Crippen molar-refractivity contribution in [2.75, 3.05) is 0 Å². The van der Waals surface area contributed by atoms with Gasteiger partial charge in [-0.05, 0) is 55.7 Å². The number of nitrogens with one attached hydrogen (secondary N) is 1. The van der Waals surface area contributed by atoms with Gasteiger partial charge in [0, 0.05) is 17.8 Å². The number of aliphatic hydroxyl groups is 1. The quantitative estimate of drug-likeness (QED) is 0.421. The lowest BCUT2D eigenvalue weighted by molar-refractivity contribution is -0.137. The Hall–Kier alpha value is -4.72. The molecule has 206 valence electrons. The highest BCUT2D eigenvalue weighted by molar-refractivity contribution is 5.85. The van der Waals surface area contributed by atoms with Crippen LogP contribution in [0.3, 0.4) is 0 Å². The molecule has 2 N–H and O–H groups in total. The van der Waals surface area contributed by atoms with Gasteiger partial charge in [0.1, 0.15) is 5.76 Å². The number of rotatable bonds is 4. The summed E-state index contributed by atoms with van der Waals surface area (Å²) in [6, 6.07) is 11.7.